The van der Waals surface area contributed by atoms with Crippen molar-refractivity contribution in [3.05, 3.63) is 46.5 Å². The molecule has 42 heavy (non-hydrogen) atoms. The molecule has 8 N–H and O–H groups in total. The highest BCUT2D eigenvalue weighted by Gasteiger charge is 2.47. The van der Waals surface area contributed by atoms with E-state index in [2.05, 4.69) is 40.3 Å². The lowest BCUT2D eigenvalue weighted by molar-refractivity contribution is -0.0503. The van der Waals surface area contributed by atoms with Gasteiger partial charge >= 0.3 is 23.5 Å². The highest BCUT2D eigenvalue weighted by Crippen LogP contribution is 2.66. The molecular formula is C20H28N5O14P3. The molecule has 1 aliphatic heterocycles. The zero-order chi connectivity index (χ0) is 30.9. The Hall–Kier alpha value is -2.34. The molecule has 1 aliphatic rings. The average molecular weight is 655 g/mol. The molecule has 3 unspecified atom stereocenters. The monoisotopic (exact) mass is 655 g/mol. The Kier molecular flexibility index (Phi) is 9.86. The largest absolute Gasteiger partial charge is 0.490 e. The van der Waals surface area contributed by atoms with Crippen LogP contribution in [0.5, 0.6) is 0 Å². The van der Waals surface area contributed by atoms with E-state index in [1.807, 2.05) is 24.3 Å². The first-order valence-corrected chi connectivity index (χ1v) is 16.7. The third-order valence-electron chi connectivity index (χ3n) is 5.90. The van der Waals surface area contributed by atoms with Gasteiger partial charge in [-0.15, -0.1) is 0 Å². The minimum Gasteiger partial charge on any atom is -0.387 e. The Balaban J connectivity index is 1.48. The third-order valence-corrected chi connectivity index (χ3v) is 9.70. The van der Waals surface area contributed by atoms with Gasteiger partial charge in [-0.1, -0.05) is 25.5 Å². The Morgan fingerprint density at radius 1 is 1.05 bits per heavy atom. The van der Waals surface area contributed by atoms with Gasteiger partial charge in [-0.05, 0) is 30.5 Å². The second kappa shape index (κ2) is 12.7. The normalized spacial score (nSPS) is 24.0. The number of aryl methyl sites for hydroxylation is 1. The van der Waals surface area contributed by atoms with Crippen molar-refractivity contribution in [1.82, 2.24) is 19.5 Å². The fraction of sp³-hybridized carbons (Fsp3) is 0.450. The van der Waals surface area contributed by atoms with Crippen LogP contribution in [0.3, 0.4) is 0 Å². The highest BCUT2D eigenvalue weighted by atomic mass is 31.3. The molecule has 0 amide bonds. The zero-order valence-corrected chi connectivity index (χ0v) is 24.3. The van der Waals surface area contributed by atoms with Gasteiger partial charge in [0.2, 0.25) is 5.95 Å². The maximum atomic E-state index is 12.7. The number of nitrogens with zero attached hydrogens (tertiary/aromatic N) is 3. The van der Waals surface area contributed by atoms with Crippen molar-refractivity contribution < 1.29 is 61.4 Å². The molecular weight excluding hydrogens is 627 g/mol. The fourth-order valence-corrected chi connectivity index (χ4v) is 7.04. The van der Waals surface area contributed by atoms with Gasteiger partial charge in [0, 0.05) is 5.69 Å². The number of aromatic amines is 1. The molecule has 0 spiro atoms. The summed E-state index contributed by atoms with van der Waals surface area (Å²) in [4.78, 5) is 59.6. The van der Waals surface area contributed by atoms with Crippen LogP contribution in [-0.2, 0) is 38.0 Å². The molecule has 4 rings (SSSR count). The number of hydrogen-bond donors (Lipinski definition) is 8. The summed E-state index contributed by atoms with van der Waals surface area (Å²) in [5.41, 5.74) is 0.967. The van der Waals surface area contributed by atoms with Crippen LogP contribution >= 0.6 is 23.5 Å². The van der Waals surface area contributed by atoms with Crippen LogP contribution in [0, 0.1) is 0 Å². The first-order chi connectivity index (χ1) is 19.6. The number of rotatable bonds is 13. The number of aliphatic hydroxyl groups excluding tert-OH is 2. The van der Waals surface area contributed by atoms with E-state index >= 15 is 0 Å². The Morgan fingerprint density at radius 2 is 1.74 bits per heavy atom. The smallest absolute Gasteiger partial charge is 0.387 e. The number of aliphatic hydroxyl groups is 2. The van der Waals surface area contributed by atoms with E-state index in [4.69, 9.17) is 14.5 Å². The van der Waals surface area contributed by atoms with Crippen molar-refractivity contribution >= 4 is 46.3 Å². The quantitative estimate of drug-likeness (QED) is 0.120. The Labute approximate surface area is 236 Å². The summed E-state index contributed by atoms with van der Waals surface area (Å²) < 4.78 is 52.7. The van der Waals surface area contributed by atoms with Crippen molar-refractivity contribution in [3.63, 3.8) is 0 Å². The number of H-pyrrole nitrogens is 1. The number of unbranched alkanes of at least 4 members (excludes halogenated alkanes) is 1. The van der Waals surface area contributed by atoms with E-state index < -0.39 is 60.2 Å². The van der Waals surface area contributed by atoms with Crippen LogP contribution in [0.25, 0.3) is 11.2 Å². The standard InChI is InChI=1S/C20H28N5O14P3/c1-2-3-4-11-5-7-12(8-6-11)22-20-23-17-14(18(28)24-20)21-10-25(17)19-16(27)15(26)13(37-19)9-36-41(32,33)39-42(34,35)38-40(29,30)31/h5-8,10,13,15-16,19,26-27H,2-4,9H2,1H3,(H,32,33)(H,34,35)(H2,29,30,31)(H2,22,23,24,28)/t13-,15-,16-,19?/m0/s1. The van der Waals surface area contributed by atoms with Gasteiger partial charge in [0.15, 0.2) is 17.4 Å². The second-order valence-electron chi connectivity index (χ2n) is 9.10. The highest BCUT2D eigenvalue weighted by molar-refractivity contribution is 7.66. The molecule has 232 valence electrons. The predicted octanol–water partition coefficient (Wildman–Crippen LogP) is 1.17. The molecule has 2 aromatic heterocycles. The average Bonchev–Trinajstić information content (AvgIpc) is 3.41. The molecule has 6 atom stereocenters. The van der Waals surface area contributed by atoms with Crippen LogP contribution < -0.4 is 10.9 Å². The van der Waals surface area contributed by atoms with E-state index in [1.54, 1.807) is 0 Å². The summed E-state index contributed by atoms with van der Waals surface area (Å²) in [5, 5.41) is 24.0. The van der Waals surface area contributed by atoms with Gasteiger partial charge in [-0.2, -0.15) is 13.6 Å². The van der Waals surface area contributed by atoms with Crippen molar-refractivity contribution in [1.29, 1.82) is 0 Å². The predicted molar refractivity (Wildman–Crippen MR) is 142 cm³/mol. The summed E-state index contributed by atoms with van der Waals surface area (Å²) >= 11 is 0. The number of benzene rings is 1. The third kappa shape index (κ3) is 8.18. The van der Waals surface area contributed by atoms with Gasteiger partial charge in [0.05, 0.1) is 12.9 Å². The van der Waals surface area contributed by atoms with Crippen molar-refractivity contribution in [3.8, 4) is 0 Å². The van der Waals surface area contributed by atoms with Gasteiger partial charge in [-0.25, -0.2) is 18.7 Å². The maximum absolute atomic E-state index is 12.7. The first kappa shape index (κ1) is 32.6. The number of fused-ring (bicyclic) bond motifs is 1. The molecule has 3 aromatic rings. The number of aromatic nitrogens is 4. The molecule has 0 saturated carbocycles. The van der Waals surface area contributed by atoms with E-state index in [9.17, 15) is 38.5 Å². The second-order valence-corrected chi connectivity index (χ2v) is 13.5. The number of hydrogen-bond acceptors (Lipinski definition) is 13. The molecule has 0 bridgehead atoms. The summed E-state index contributed by atoms with van der Waals surface area (Å²) in [7, 11) is -16.9. The maximum Gasteiger partial charge on any atom is 0.490 e. The molecule has 1 aromatic carbocycles. The zero-order valence-electron chi connectivity index (χ0n) is 21.7. The van der Waals surface area contributed by atoms with Gasteiger partial charge in [-0.3, -0.25) is 18.9 Å². The van der Waals surface area contributed by atoms with Crippen LogP contribution in [0.2, 0.25) is 0 Å². The lowest BCUT2D eigenvalue weighted by Crippen LogP contribution is -2.33. The minimum atomic E-state index is -5.76. The summed E-state index contributed by atoms with van der Waals surface area (Å²) in [6.45, 7) is 1.08. The number of imidazole rings is 1. The van der Waals surface area contributed by atoms with Crippen LogP contribution in [0.15, 0.2) is 35.4 Å². The van der Waals surface area contributed by atoms with E-state index in [0.29, 0.717) is 5.69 Å². The van der Waals surface area contributed by atoms with Crippen LogP contribution in [-0.4, -0.2) is 74.2 Å². The number of phosphoric acid groups is 3. The van der Waals surface area contributed by atoms with Crippen molar-refractivity contribution in [2.24, 2.45) is 0 Å². The summed E-state index contributed by atoms with van der Waals surface area (Å²) in [5.74, 6) is 0.0350. The van der Waals surface area contributed by atoms with Crippen LogP contribution in [0.4, 0.5) is 11.6 Å². The fourth-order valence-electron chi connectivity index (χ4n) is 4.01. The minimum absolute atomic E-state index is 0.0350. The molecule has 1 fully saturated rings. The number of nitrogens with one attached hydrogen (secondary N) is 2. The molecule has 3 heterocycles. The Bertz CT molecular complexity index is 1610. The first-order valence-electron chi connectivity index (χ1n) is 12.2. The van der Waals surface area contributed by atoms with E-state index in [0.717, 1.165) is 35.7 Å². The molecule has 19 nitrogen and oxygen atoms in total. The topological polar surface area (TPSA) is 285 Å². The molecule has 1 saturated heterocycles. The molecule has 22 heteroatoms. The number of phosphoric ester groups is 1. The van der Waals surface area contributed by atoms with Crippen molar-refractivity contribution in [2.45, 2.75) is 50.7 Å². The summed E-state index contributed by atoms with van der Waals surface area (Å²) in [6, 6.07) is 7.50. The SMILES string of the molecule is CCCCc1ccc(Nc2nc3c(ncn3C3O[C@@H](COP(=O)(O)OP(=O)(O)OP(=O)(O)O)[C@H](O)[C@@H]3O)c(=O)[nH]2)cc1. The lowest BCUT2D eigenvalue weighted by Gasteiger charge is -2.19. The number of anilines is 2. The Morgan fingerprint density at radius 3 is 2.38 bits per heavy atom. The van der Waals surface area contributed by atoms with E-state index in [-0.39, 0.29) is 17.1 Å². The van der Waals surface area contributed by atoms with E-state index in [1.165, 1.54) is 0 Å². The lowest BCUT2D eigenvalue weighted by atomic mass is 10.1. The molecule has 0 radical (unpaired) electrons. The van der Waals surface area contributed by atoms with Gasteiger partial charge in [0.25, 0.3) is 5.56 Å². The van der Waals surface area contributed by atoms with Gasteiger partial charge in [0.1, 0.15) is 18.3 Å². The van der Waals surface area contributed by atoms with Gasteiger partial charge < -0.3 is 39.8 Å². The summed E-state index contributed by atoms with van der Waals surface area (Å²) in [6.07, 6.45) is -2.29. The van der Waals surface area contributed by atoms with Crippen molar-refractivity contribution in [2.75, 3.05) is 11.9 Å². The molecule has 0 aliphatic carbocycles. The van der Waals surface area contributed by atoms with Crippen LogP contribution in [0.1, 0.15) is 31.6 Å². The number of ether oxygens (including phenoxy) is 1.